The van der Waals surface area contributed by atoms with E-state index in [0.29, 0.717) is 6.42 Å². The number of carbonyl (C=O) groups is 6. The molecule has 0 amide bonds. The summed E-state index contributed by atoms with van der Waals surface area (Å²) in [5.74, 6) is -3.77. The lowest BCUT2D eigenvalue weighted by Gasteiger charge is -2.51. The van der Waals surface area contributed by atoms with Crippen LogP contribution in [0.5, 0.6) is 0 Å². The molecule has 3 aliphatic heterocycles. The first-order valence-corrected chi connectivity index (χ1v) is 40.1. The number of esters is 6. The van der Waals surface area contributed by atoms with Crippen molar-refractivity contribution in [2.75, 3.05) is 32.2 Å². The fourth-order valence-electron chi connectivity index (χ4n) is 12.3. The van der Waals surface area contributed by atoms with Gasteiger partial charge in [0.1, 0.15) is 62.0 Å². The first kappa shape index (κ1) is 90.4. The van der Waals surface area contributed by atoms with Gasteiger partial charge in [-0.2, -0.15) is 12.6 Å². The number of rotatable bonds is 38. The van der Waals surface area contributed by atoms with E-state index in [9.17, 15) is 19.2 Å². The molecule has 0 unspecified atom stereocenters. The number of hydrogen-bond donors (Lipinski definition) is 1. The molecule has 0 N–H and O–H groups in total. The van der Waals surface area contributed by atoms with Gasteiger partial charge >= 0.3 is 35.8 Å². The summed E-state index contributed by atoms with van der Waals surface area (Å²) in [4.78, 5) is 88.7. The number of hydrogen-bond acceptors (Lipinski definition) is 23. The van der Waals surface area contributed by atoms with Crippen LogP contribution in [0.1, 0.15) is 194 Å². The molecule has 3 saturated heterocycles. The predicted octanol–water partition coefficient (Wildman–Crippen LogP) is 15.6. The van der Waals surface area contributed by atoms with Crippen molar-refractivity contribution in [3.63, 3.8) is 0 Å². The van der Waals surface area contributed by atoms with Crippen LogP contribution in [0.15, 0.2) is 152 Å². The van der Waals surface area contributed by atoms with Crippen molar-refractivity contribution in [1.29, 1.82) is 0 Å². The first-order chi connectivity index (χ1) is 53.2. The van der Waals surface area contributed by atoms with Crippen LogP contribution >= 0.6 is 12.6 Å². The molecule has 8 rings (SSSR count). The molecular formula is C89H122O22S. The highest BCUT2D eigenvalue weighted by atomic mass is 32.1. The zero-order chi connectivity index (χ0) is 81.2. The van der Waals surface area contributed by atoms with E-state index in [2.05, 4.69) is 12.6 Å². The minimum atomic E-state index is -2.00. The lowest BCUT2D eigenvalue weighted by molar-refractivity contribution is -0.386. The molecule has 0 aliphatic carbocycles. The third-order valence-electron chi connectivity index (χ3n) is 19.0. The van der Waals surface area contributed by atoms with Gasteiger partial charge in [-0.15, -0.1) is 0 Å². The highest BCUT2D eigenvalue weighted by Crippen LogP contribution is 2.42. The molecule has 112 heavy (non-hydrogen) atoms. The fourth-order valence-corrected chi connectivity index (χ4v) is 12.5. The third-order valence-corrected chi connectivity index (χ3v) is 19.3. The molecule has 0 bridgehead atoms. The average Bonchev–Trinajstić information content (AvgIpc) is 0.757. The first-order valence-electron chi connectivity index (χ1n) is 39.5. The Kier molecular flexibility index (Phi) is 34.7. The summed E-state index contributed by atoms with van der Waals surface area (Å²) in [5, 5.41) is 0. The van der Waals surface area contributed by atoms with Crippen molar-refractivity contribution in [2.45, 2.75) is 280 Å². The average molecular weight is 1580 g/mol. The second kappa shape index (κ2) is 43.0. The van der Waals surface area contributed by atoms with E-state index in [4.69, 9.17) is 75.8 Å². The van der Waals surface area contributed by atoms with E-state index in [1.807, 2.05) is 121 Å². The van der Waals surface area contributed by atoms with Crippen molar-refractivity contribution in [3.8, 4) is 0 Å². The Balaban J connectivity index is 1.32. The Morgan fingerprint density at radius 1 is 0.312 bits per heavy atom. The molecule has 5 aromatic carbocycles. The Hall–Kier alpha value is -7.13. The van der Waals surface area contributed by atoms with Gasteiger partial charge in [-0.05, 0) is 157 Å². The summed E-state index contributed by atoms with van der Waals surface area (Å²) < 4.78 is 110. The van der Waals surface area contributed by atoms with Gasteiger partial charge in [-0.3, -0.25) is 24.0 Å². The van der Waals surface area contributed by atoms with E-state index in [1.165, 1.54) is 0 Å². The minimum Gasteiger partial charge on any atom is -0.462 e. The lowest BCUT2D eigenvalue weighted by Crippen LogP contribution is -2.69. The van der Waals surface area contributed by atoms with Crippen molar-refractivity contribution in [1.82, 2.24) is 0 Å². The topological polar surface area (TPSA) is 250 Å². The number of benzene rings is 5. The summed E-state index contributed by atoms with van der Waals surface area (Å²) in [7, 11) is 0. The molecule has 616 valence electrons. The maximum atomic E-state index is 15.3. The van der Waals surface area contributed by atoms with Crippen LogP contribution in [0.3, 0.4) is 0 Å². The summed E-state index contributed by atoms with van der Waals surface area (Å²) in [6, 6.07) is 46.5. The minimum absolute atomic E-state index is 0.0316. The van der Waals surface area contributed by atoms with Gasteiger partial charge in [0.25, 0.3) is 0 Å². The van der Waals surface area contributed by atoms with Gasteiger partial charge in [0.15, 0.2) is 43.3 Å². The van der Waals surface area contributed by atoms with E-state index in [0.717, 1.165) is 79.4 Å². The Morgan fingerprint density at radius 2 is 0.634 bits per heavy atom. The normalized spacial score (nSPS) is 24.4. The maximum absolute atomic E-state index is 15.3. The largest absolute Gasteiger partial charge is 0.462 e. The summed E-state index contributed by atoms with van der Waals surface area (Å²) >= 11 is 4.36. The van der Waals surface area contributed by atoms with E-state index >= 15 is 9.59 Å². The SMILES string of the molecule is CC(C)(C)C(=O)OC[C@H]1O[C@@H](OCCCCCCCCCCCS)[C@H](OC(=O)C(C)(C)C)[C@@H](OC(=O)C(C)(C)C)[C@@H]1O[C@H]1O[C@H](COC(=O)c2ccccc2)[C@H](O[C@@H]2O[C@H](COCc3ccccc3)[C@H](OCc3ccccc3)[C@H](OCc3ccccc3)[C@H]2OCc2ccccc2)[C@H](OC(=O)C(C)(C)C)[C@H]1OC(=O)C(C)(C)C. The zero-order valence-electron chi connectivity index (χ0n) is 68.3. The van der Waals surface area contributed by atoms with E-state index < -0.39 is 168 Å². The summed E-state index contributed by atoms with van der Waals surface area (Å²) in [6.45, 7) is 23.7. The van der Waals surface area contributed by atoms with Crippen molar-refractivity contribution in [3.05, 3.63) is 179 Å². The van der Waals surface area contributed by atoms with Crippen LogP contribution in [0, 0.1) is 27.1 Å². The molecule has 3 heterocycles. The predicted molar refractivity (Wildman–Crippen MR) is 423 cm³/mol. The van der Waals surface area contributed by atoms with Gasteiger partial charge in [0.05, 0.1) is 65.7 Å². The van der Waals surface area contributed by atoms with Crippen LogP contribution in [-0.4, -0.2) is 160 Å². The summed E-state index contributed by atoms with van der Waals surface area (Å²) in [5.41, 5.74) is -2.60. The maximum Gasteiger partial charge on any atom is 0.338 e. The highest BCUT2D eigenvalue weighted by Gasteiger charge is 2.61. The van der Waals surface area contributed by atoms with Gasteiger partial charge in [0, 0.05) is 6.61 Å². The molecule has 0 spiro atoms. The molecule has 3 fully saturated rings. The molecule has 23 heteroatoms. The molecule has 5 aromatic rings. The van der Waals surface area contributed by atoms with Crippen LogP contribution in [-0.2, 0) is 126 Å². The van der Waals surface area contributed by atoms with Crippen LogP contribution in [0.2, 0.25) is 0 Å². The molecule has 22 nitrogen and oxygen atoms in total. The number of thiol groups is 1. The van der Waals surface area contributed by atoms with Crippen molar-refractivity contribution >= 4 is 48.4 Å². The molecule has 0 aromatic heterocycles. The molecule has 0 saturated carbocycles. The standard InChI is InChI=1S/C89H122O22S/c1-85(2,3)80(91)102-58-66-69(71(108-81(92)86(4,5)6)74(110-83(94)88(10,11)12)77(103-66)97-50-38-21-19-17-16-18-20-22-39-51-112)107-79-75(111-84(95)89(13,14)15)72(109-82(93)87(7,8)9)68(65(105-79)57-101-76(90)63-48-36-27-37-49-63)106-78-73(100-55-62-46-34-26-35-47-62)70(99-54-61-44-32-25-33-45-61)67(98-53-60-42-30-24-31-43-60)64(104-78)56-96-52-59-40-28-23-29-41-59/h23-37,40-49,64-75,77-79,112H,16-22,38-39,50-58H2,1-15H3/t64-,65-,66-,67+,68+,69-,70+,71+,72+,73-,74-,75-,77-,78+,79-/m1/s1. The second-order valence-corrected chi connectivity index (χ2v) is 34.6. The van der Waals surface area contributed by atoms with Crippen molar-refractivity contribution < 1.29 is 105 Å². The Morgan fingerprint density at radius 3 is 1.04 bits per heavy atom. The van der Waals surface area contributed by atoms with Crippen LogP contribution in [0.4, 0.5) is 0 Å². The fraction of sp³-hybridized carbons (Fsp3) is 0.596. The molecule has 0 radical (unpaired) electrons. The second-order valence-electron chi connectivity index (χ2n) is 34.2. The van der Waals surface area contributed by atoms with Gasteiger partial charge in [0.2, 0.25) is 0 Å². The van der Waals surface area contributed by atoms with Crippen LogP contribution < -0.4 is 0 Å². The van der Waals surface area contributed by atoms with Gasteiger partial charge in [-0.1, -0.05) is 184 Å². The lowest BCUT2D eigenvalue weighted by atomic mass is 9.92. The monoisotopic (exact) mass is 1570 g/mol. The van der Waals surface area contributed by atoms with Gasteiger partial charge in [-0.25, -0.2) is 4.79 Å². The quantitative estimate of drug-likeness (QED) is 0.0167. The van der Waals surface area contributed by atoms with Gasteiger partial charge < -0.3 is 75.8 Å². The third kappa shape index (κ3) is 28.1. The van der Waals surface area contributed by atoms with E-state index in [-0.39, 0.29) is 45.2 Å². The van der Waals surface area contributed by atoms with E-state index in [1.54, 1.807) is 134 Å². The Bertz CT molecular complexity index is 3650. The summed E-state index contributed by atoms with van der Waals surface area (Å²) in [6.07, 6.45) is -14.3. The molecular weight excluding hydrogens is 1450 g/mol. The number of ether oxygens (including phenoxy) is 16. The molecule has 15 atom stereocenters. The zero-order valence-corrected chi connectivity index (χ0v) is 69.1. The number of carbonyl (C=O) groups excluding carboxylic acids is 6. The smallest absolute Gasteiger partial charge is 0.338 e. The Labute approximate surface area is 668 Å². The highest BCUT2D eigenvalue weighted by molar-refractivity contribution is 7.80. The molecule has 3 aliphatic rings. The number of unbranched alkanes of at least 4 members (excludes halogenated alkanes) is 8. The van der Waals surface area contributed by atoms with Crippen molar-refractivity contribution in [2.24, 2.45) is 27.1 Å². The van der Waals surface area contributed by atoms with Crippen LogP contribution in [0.25, 0.3) is 0 Å².